The standard InChI is InChI=1S/C14H21N5O3/c1-4-7-9-10(22-14(2,3)21-9)13(20-7)19-6-18-8-11(15)16-5-17-12(8)19/h5-10,12-13H,4H2,1-3H3,(H2,15,16,17)/t7?,8?,9-,10-,12?,13?/m1/s1. The summed E-state index contributed by atoms with van der Waals surface area (Å²) in [5.41, 5.74) is 5.91. The fourth-order valence-electron chi connectivity index (χ4n) is 3.53. The van der Waals surface area contributed by atoms with Gasteiger partial charge in [0.05, 0.1) is 12.4 Å². The van der Waals surface area contributed by atoms with Gasteiger partial charge >= 0.3 is 0 Å². The highest BCUT2D eigenvalue weighted by Crippen LogP contribution is 2.41. The minimum atomic E-state index is -0.600. The van der Waals surface area contributed by atoms with Gasteiger partial charge in [-0.2, -0.15) is 0 Å². The topological polar surface area (TPSA) is 94.0 Å². The summed E-state index contributed by atoms with van der Waals surface area (Å²) in [7, 11) is 0. The van der Waals surface area contributed by atoms with Gasteiger partial charge in [-0.3, -0.25) is 4.99 Å². The molecule has 2 saturated heterocycles. The van der Waals surface area contributed by atoms with Gasteiger partial charge in [0.1, 0.15) is 30.4 Å². The molecule has 0 aliphatic carbocycles. The first kappa shape index (κ1) is 14.1. The van der Waals surface area contributed by atoms with Gasteiger partial charge in [-0.15, -0.1) is 0 Å². The van der Waals surface area contributed by atoms with Crippen LogP contribution in [0.25, 0.3) is 0 Å². The van der Waals surface area contributed by atoms with E-state index in [-0.39, 0.29) is 36.7 Å². The van der Waals surface area contributed by atoms with Crippen molar-refractivity contribution in [1.82, 2.24) is 4.90 Å². The van der Waals surface area contributed by atoms with E-state index in [1.54, 1.807) is 6.34 Å². The summed E-state index contributed by atoms with van der Waals surface area (Å²) in [5.74, 6) is -0.124. The third-order valence-electron chi connectivity index (χ3n) is 4.50. The first-order chi connectivity index (χ1) is 10.5. The minimum Gasteiger partial charge on any atom is -0.385 e. The predicted octanol–water partition coefficient (Wildman–Crippen LogP) is 0.0791. The van der Waals surface area contributed by atoms with Crippen LogP contribution in [0.5, 0.6) is 0 Å². The Morgan fingerprint density at radius 3 is 2.82 bits per heavy atom. The molecule has 0 aromatic carbocycles. The molecular formula is C14H21N5O3. The van der Waals surface area contributed by atoms with Crippen LogP contribution in [0.15, 0.2) is 15.0 Å². The summed E-state index contributed by atoms with van der Waals surface area (Å²) in [6.07, 6.45) is 3.36. The van der Waals surface area contributed by atoms with Gasteiger partial charge in [-0.25, -0.2) is 9.98 Å². The largest absolute Gasteiger partial charge is 0.385 e. The number of hydrogen-bond acceptors (Lipinski definition) is 8. The van der Waals surface area contributed by atoms with Crippen molar-refractivity contribution in [3.8, 4) is 0 Å². The summed E-state index contributed by atoms with van der Waals surface area (Å²) in [5, 5.41) is 0. The van der Waals surface area contributed by atoms with Gasteiger partial charge in [0.2, 0.25) is 0 Å². The number of fused-ring (bicyclic) bond motifs is 2. The quantitative estimate of drug-likeness (QED) is 0.779. The fourth-order valence-corrected chi connectivity index (χ4v) is 3.53. The van der Waals surface area contributed by atoms with Gasteiger partial charge in [0, 0.05) is 0 Å². The van der Waals surface area contributed by atoms with Crippen molar-refractivity contribution >= 4 is 18.5 Å². The zero-order valence-electron chi connectivity index (χ0n) is 12.9. The molecule has 8 nitrogen and oxygen atoms in total. The molecule has 0 radical (unpaired) electrons. The molecule has 6 atom stereocenters. The lowest BCUT2D eigenvalue weighted by atomic mass is 10.1. The number of ether oxygens (including phenoxy) is 3. The summed E-state index contributed by atoms with van der Waals surface area (Å²) < 4.78 is 18.3. The van der Waals surface area contributed by atoms with Crippen molar-refractivity contribution in [2.45, 2.75) is 69.7 Å². The van der Waals surface area contributed by atoms with Gasteiger partial charge in [-0.05, 0) is 20.3 Å². The maximum absolute atomic E-state index is 6.17. The van der Waals surface area contributed by atoms with Crippen LogP contribution in [0, 0.1) is 0 Å². The molecular weight excluding hydrogens is 286 g/mol. The average molecular weight is 307 g/mol. The summed E-state index contributed by atoms with van der Waals surface area (Å²) in [4.78, 5) is 14.8. The lowest BCUT2D eigenvalue weighted by Crippen LogP contribution is -2.51. The van der Waals surface area contributed by atoms with Crippen LogP contribution in [-0.2, 0) is 14.2 Å². The Bertz CT molecular complexity index is 561. The van der Waals surface area contributed by atoms with E-state index in [1.165, 1.54) is 6.34 Å². The third-order valence-corrected chi connectivity index (χ3v) is 4.50. The highest BCUT2D eigenvalue weighted by Gasteiger charge is 2.58. The van der Waals surface area contributed by atoms with Crippen LogP contribution in [0.3, 0.4) is 0 Å². The number of rotatable bonds is 2. The molecule has 4 aliphatic heterocycles. The molecule has 0 amide bonds. The van der Waals surface area contributed by atoms with Crippen LogP contribution >= 0.6 is 0 Å². The average Bonchev–Trinajstić information content (AvgIpc) is 3.10. The van der Waals surface area contributed by atoms with Crippen molar-refractivity contribution in [1.29, 1.82) is 0 Å². The molecule has 22 heavy (non-hydrogen) atoms. The Kier molecular flexibility index (Phi) is 3.04. The fraction of sp³-hybridized carbons (Fsp3) is 0.786. The Balaban J connectivity index is 1.60. The molecule has 0 spiro atoms. The molecule has 2 fully saturated rings. The molecule has 4 rings (SSSR count). The zero-order valence-corrected chi connectivity index (χ0v) is 12.9. The summed E-state index contributed by atoms with van der Waals surface area (Å²) >= 11 is 0. The molecule has 0 aromatic heterocycles. The molecule has 0 aromatic rings. The molecule has 4 heterocycles. The lowest BCUT2D eigenvalue weighted by molar-refractivity contribution is -0.201. The van der Waals surface area contributed by atoms with Crippen molar-refractivity contribution in [3.63, 3.8) is 0 Å². The van der Waals surface area contributed by atoms with Gasteiger partial charge in [-0.1, -0.05) is 6.92 Å². The Morgan fingerprint density at radius 1 is 1.27 bits per heavy atom. The Labute approximate surface area is 129 Å². The van der Waals surface area contributed by atoms with Crippen molar-refractivity contribution in [3.05, 3.63) is 0 Å². The summed E-state index contributed by atoms with van der Waals surface area (Å²) in [6.45, 7) is 5.95. The smallest absolute Gasteiger partial charge is 0.164 e. The van der Waals surface area contributed by atoms with Crippen molar-refractivity contribution in [2.75, 3.05) is 0 Å². The van der Waals surface area contributed by atoms with E-state index in [9.17, 15) is 0 Å². The number of aliphatic imine (C=N–C) groups is 3. The van der Waals surface area contributed by atoms with Gasteiger partial charge < -0.3 is 24.8 Å². The Morgan fingerprint density at radius 2 is 2.05 bits per heavy atom. The van der Waals surface area contributed by atoms with Crippen molar-refractivity contribution in [2.24, 2.45) is 20.7 Å². The maximum Gasteiger partial charge on any atom is 0.164 e. The molecule has 4 aliphatic rings. The van der Waals surface area contributed by atoms with E-state index in [4.69, 9.17) is 19.9 Å². The van der Waals surface area contributed by atoms with Gasteiger partial charge in [0.15, 0.2) is 18.2 Å². The van der Waals surface area contributed by atoms with Crippen LogP contribution in [0.1, 0.15) is 27.2 Å². The van der Waals surface area contributed by atoms with Crippen LogP contribution in [-0.4, -0.2) is 65.9 Å². The predicted molar refractivity (Wildman–Crippen MR) is 80.8 cm³/mol. The Hall–Kier alpha value is -1.51. The van der Waals surface area contributed by atoms with E-state index < -0.39 is 5.79 Å². The highest BCUT2D eigenvalue weighted by atomic mass is 16.8. The van der Waals surface area contributed by atoms with E-state index in [1.807, 2.05) is 18.7 Å². The molecule has 2 N–H and O–H groups in total. The first-order valence-electron chi connectivity index (χ1n) is 7.67. The number of nitrogens with zero attached hydrogens (tertiary/aromatic N) is 4. The van der Waals surface area contributed by atoms with E-state index in [0.717, 1.165) is 6.42 Å². The second-order valence-corrected chi connectivity index (χ2v) is 6.43. The van der Waals surface area contributed by atoms with Crippen LogP contribution < -0.4 is 5.73 Å². The maximum atomic E-state index is 6.17. The number of amidine groups is 1. The molecule has 120 valence electrons. The van der Waals surface area contributed by atoms with E-state index in [2.05, 4.69) is 21.9 Å². The van der Waals surface area contributed by atoms with E-state index >= 15 is 0 Å². The van der Waals surface area contributed by atoms with Crippen LogP contribution in [0.4, 0.5) is 0 Å². The molecule has 4 unspecified atom stereocenters. The van der Waals surface area contributed by atoms with Crippen LogP contribution in [0.2, 0.25) is 0 Å². The second-order valence-electron chi connectivity index (χ2n) is 6.43. The number of hydrogen-bond donors (Lipinski definition) is 1. The van der Waals surface area contributed by atoms with E-state index in [0.29, 0.717) is 5.84 Å². The second kappa shape index (κ2) is 4.74. The molecule has 0 bridgehead atoms. The molecule has 0 saturated carbocycles. The minimum absolute atomic E-state index is 0.00260. The van der Waals surface area contributed by atoms with Crippen molar-refractivity contribution < 1.29 is 14.2 Å². The zero-order chi connectivity index (χ0) is 15.5. The monoisotopic (exact) mass is 307 g/mol. The highest BCUT2D eigenvalue weighted by molar-refractivity contribution is 5.96. The first-order valence-corrected chi connectivity index (χ1v) is 7.67. The molecule has 8 heteroatoms. The lowest BCUT2D eigenvalue weighted by Gasteiger charge is -2.33. The number of nitrogens with two attached hydrogens (primary N) is 1. The summed E-state index contributed by atoms with van der Waals surface area (Å²) in [6, 6.07) is -0.247. The SMILES string of the molecule is CCC1OC(N2C=NC3C(N)=NC=NC32)[C@@H]2OC(C)(C)O[C@H]12. The third kappa shape index (κ3) is 1.98. The van der Waals surface area contributed by atoms with Gasteiger partial charge in [0.25, 0.3) is 0 Å². The normalized spacial score (nSPS) is 45.0.